The first-order chi connectivity index (χ1) is 12.5. The lowest BCUT2D eigenvalue weighted by Crippen LogP contribution is -2.37. The monoisotopic (exact) mass is 440 g/mol. The highest BCUT2D eigenvalue weighted by molar-refractivity contribution is 9.10. The fraction of sp³-hybridized carbons (Fsp3) is 0.333. The predicted octanol–water partition coefficient (Wildman–Crippen LogP) is 3.69. The summed E-state index contributed by atoms with van der Waals surface area (Å²) in [4.78, 5) is 28.8. The molecule has 6 nitrogen and oxygen atoms in total. The Morgan fingerprint density at radius 2 is 1.77 bits per heavy atom. The molecule has 0 unspecified atom stereocenters. The summed E-state index contributed by atoms with van der Waals surface area (Å²) in [5.74, 6) is 0.440. The van der Waals surface area contributed by atoms with Gasteiger partial charge in [-0.15, -0.1) is 0 Å². The van der Waals surface area contributed by atoms with E-state index in [1.54, 1.807) is 40.1 Å². The number of halogens is 2. The van der Waals surface area contributed by atoms with Crippen molar-refractivity contribution < 1.29 is 18.7 Å². The largest absolute Gasteiger partial charge is 0.496 e. The number of ether oxygens (including phenoxy) is 1. The lowest BCUT2D eigenvalue weighted by atomic mass is 10.1. The van der Waals surface area contributed by atoms with Crippen LogP contribution in [0.3, 0.4) is 0 Å². The van der Waals surface area contributed by atoms with Crippen LogP contribution in [0.5, 0.6) is 5.75 Å². The molecular formula is C18H18BrClN2O4. The minimum absolute atomic E-state index is 0.153. The highest BCUT2D eigenvalue weighted by Gasteiger charge is 2.26. The summed E-state index contributed by atoms with van der Waals surface area (Å²) in [5, 5.41) is 0.476. The zero-order chi connectivity index (χ0) is 18.7. The first kappa shape index (κ1) is 18.8. The summed E-state index contributed by atoms with van der Waals surface area (Å²) in [6.07, 6.45) is 0.683. The summed E-state index contributed by atoms with van der Waals surface area (Å²) in [6.45, 7) is 1.99. The Morgan fingerprint density at radius 1 is 1.08 bits per heavy atom. The molecule has 1 fully saturated rings. The third kappa shape index (κ3) is 4.04. The molecule has 0 radical (unpaired) electrons. The molecule has 2 amide bonds. The van der Waals surface area contributed by atoms with Crippen LogP contribution in [-0.4, -0.2) is 54.9 Å². The zero-order valence-electron chi connectivity index (χ0n) is 14.2. The third-order valence-corrected chi connectivity index (χ3v) is 4.91. The van der Waals surface area contributed by atoms with Crippen molar-refractivity contribution in [2.24, 2.45) is 0 Å². The van der Waals surface area contributed by atoms with Gasteiger partial charge in [0.1, 0.15) is 5.75 Å². The van der Waals surface area contributed by atoms with Gasteiger partial charge in [-0.25, -0.2) is 0 Å². The number of nitrogens with zero attached hydrogens (tertiary/aromatic N) is 2. The van der Waals surface area contributed by atoms with Gasteiger partial charge in [0.05, 0.1) is 12.7 Å². The summed E-state index contributed by atoms with van der Waals surface area (Å²) in [5.41, 5.74) is 0.426. The van der Waals surface area contributed by atoms with Crippen molar-refractivity contribution in [1.29, 1.82) is 0 Å². The number of benzene rings is 1. The summed E-state index contributed by atoms with van der Waals surface area (Å²) in [7, 11) is 1.52. The average molecular weight is 442 g/mol. The van der Waals surface area contributed by atoms with E-state index in [0.717, 1.165) is 0 Å². The molecule has 1 aliphatic rings. The van der Waals surface area contributed by atoms with Crippen LogP contribution in [0.1, 0.15) is 27.3 Å². The van der Waals surface area contributed by atoms with Crippen molar-refractivity contribution in [1.82, 2.24) is 9.80 Å². The van der Waals surface area contributed by atoms with Gasteiger partial charge in [-0.1, -0.05) is 11.6 Å². The first-order valence-electron chi connectivity index (χ1n) is 8.17. The average Bonchev–Trinajstić information content (AvgIpc) is 2.92. The fourth-order valence-electron chi connectivity index (χ4n) is 2.93. The second-order valence-electron chi connectivity index (χ2n) is 5.89. The van der Waals surface area contributed by atoms with Gasteiger partial charge in [0.2, 0.25) is 0 Å². The maximum atomic E-state index is 12.9. The molecule has 138 valence electrons. The molecule has 0 bridgehead atoms. The van der Waals surface area contributed by atoms with Crippen LogP contribution < -0.4 is 4.74 Å². The van der Waals surface area contributed by atoms with Crippen LogP contribution in [-0.2, 0) is 0 Å². The lowest BCUT2D eigenvalue weighted by Gasteiger charge is -2.22. The second-order valence-corrected chi connectivity index (χ2v) is 7.10. The third-order valence-electron chi connectivity index (χ3n) is 4.25. The highest BCUT2D eigenvalue weighted by atomic mass is 79.9. The molecule has 0 saturated carbocycles. The van der Waals surface area contributed by atoms with E-state index in [9.17, 15) is 9.59 Å². The molecule has 1 saturated heterocycles. The van der Waals surface area contributed by atoms with Crippen molar-refractivity contribution >= 4 is 39.3 Å². The molecule has 0 spiro atoms. The van der Waals surface area contributed by atoms with Crippen molar-refractivity contribution in [3.63, 3.8) is 0 Å². The highest BCUT2D eigenvalue weighted by Crippen LogP contribution is 2.25. The molecule has 26 heavy (non-hydrogen) atoms. The second kappa shape index (κ2) is 8.14. The van der Waals surface area contributed by atoms with Crippen LogP contribution in [0.2, 0.25) is 5.02 Å². The molecule has 2 aromatic rings. The lowest BCUT2D eigenvalue weighted by molar-refractivity contribution is 0.0698. The topological polar surface area (TPSA) is 63.0 Å². The van der Waals surface area contributed by atoms with E-state index in [2.05, 4.69) is 15.9 Å². The number of carbonyl (C=O) groups excluding carboxylic acids is 2. The van der Waals surface area contributed by atoms with Gasteiger partial charge in [-0.2, -0.15) is 0 Å². The van der Waals surface area contributed by atoms with E-state index >= 15 is 0 Å². The van der Waals surface area contributed by atoms with Crippen LogP contribution in [0.15, 0.2) is 39.4 Å². The number of rotatable bonds is 3. The fourth-order valence-corrected chi connectivity index (χ4v) is 3.41. The first-order valence-corrected chi connectivity index (χ1v) is 9.34. The van der Waals surface area contributed by atoms with Crippen LogP contribution in [0, 0.1) is 0 Å². The zero-order valence-corrected chi connectivity index (χ0v) is 16.5. The summed E-state index contributed by atoms with van der Waals surface area (Å²) in [6, 6.07) is 8.29. The van der Waals surface area contributed by atoms with Gasteiger partial charge < -0.3 is 19.0 Å². The number of furan rings is 1. The molecule has 1 aromatic carbocycles. The van der Waals surface area contributed by atoms with E-state index < -0.39 is 0 Å². The Kier molecular flexibility index (Phi) is 5.88. The van der Waals surface area contributed by atoms with Gasteiger partial charge in [-0.05, 0) is 52.7 Å². The summed E-state index contributed by atoms with van der Waals surface area (Å²) < 4.78 is 11.1. The standard InChI is InChI=1S/C18H18BrClN2O4/c1-25-14-4-3-12(20)11-13(14)17(23)21-7-2-8-22(10-9-21)18(24)15-5-6-16(19)26-15/h3-6,11H,2,7-10H2,1H3. The van der Waals surface area contributed by atoms with Crippen molar-refractivity contribution in [2.45, 2.75) is 6.42 Å². The van der Waals surface area contributed by atoms with Gasteiger partial charge in [0.25, 0.3) is 11.8 Å². The molecule has 3 rings (SSSR count). The van der Waals surface area contributed by atoms with Crippen LogP contribution in [0.25, 0.3) is 0 Å². The minimum atomic E-state index is -0.176. The molecule has 1 aromatic heterocycles. The Hall–Kier alpha value is -1.99. The van der Waals surface area contributed by atoms with Crippen molar-refractivity contribution in [3.8, 4) is 5.75 Å². The molecule has 0 N–H and O–H groups in total. The van der Waals surface area contributed by atoms with Crippen molar-refractivity contribution in [3.05, 3.63) is 51.3 Å². The van der Waals surface area contributed by atoms with Gasteiger partial charge in [0.15, 0.2) is 10.4 Å². The Morgan fingerprint density at radius 3 is 2.38 bits per heavy atom. The Bertz CT molecular complexity index is 823. The smallest absolute Gasteiger partial charge is 0.289 e. The van der Waals surface area contributed by atoms with Crippen LogP contribution >= 0.6 is 27.5 Å². The maximum absolute atomic E-state index is 12.9. The van der Waals surface area contributed by atoms with Gasteiger partial charge in [-0.3, -0.25) is 9.59 Å². The Balaban J connectivity index is 1.71. The van der Waals surface area contributed by atoms with E-state index in [1.807, 2.05) is 0 Å². The number of hydrogen-bond donors (Lipinski definition) is 0. The quantitative estimate of drug-likeness (QED) is 0.729. The normalized spacial score (nSPS) is 14.9. The maximum Gasteiger partial charge on any atom is 0.289 e. The van der Waals surface area contributed by atoms with Crippen LogP contribution in [0.4, 0.5) is 0 Å². The van der Waals surface area contributed by atoms with E-state index in [0.29, 0.717) is 53.6 Å². The van der Waals surface area contributed by atoms with E-state index in [1.165, 1.54) is 7.11 Å². The van der Waals surface area contributed by atoms with Crippen molar-refractivity contribution in [2.75, 3.05) is 33.3 Å². The van der Waals surface area contributed by atoms with E-state index in [4.69, 9.17) is 20.8 Å². The predicted molar refractivity (Wildman–Crippen MR) is 101 cm³/mol. The molecule has 1 aliphatic heterocycles. The minimum Gasteiger partial charge on any atom is -0.496 e. The SMILES string of the molecule is COc1ccc(Cl)cc1C(=O)N1CCCN(C(=O)c2ccc(Br)o2)CC1. The van der Waals surface area contributed by atoms with E-state index in [-0.39, 0.29) is 17.6 Å². The Labute approximate surface area is 164 Å². The molecule has 8 heteroatoms. The molecule has 0 atom stereocenters. The summed E-state index contributed by atoms with van der Waals surface area (Å²) >= 11 is 9.23. The molecule has 0 aliphatic carbocycles. The number of hydrogen-bond acceptors (Lipinski definition) is 4. The number of amides is 2. The number of methoxy groups -OCH3 is 1. The van der Waals surface area contributed by atoms with Gasteiger partial charge in [0, 0.05) is 31.2 Å². The molecule has 2 heterocycles. The molecular weight excluding hydrogens is 424 g/mol. The number of carbonyl (C=O) groups is 2. The van der Waals surface area contributed by atoms with Gasteiger partial charge >= 0.3 is 0 Å².